The Balaban J connectivity index is 1.35. The minimum atomic E-state index is -0.981. The summed E-state index contributed by atoms with van der Waals surface area (Å²) in [6.07, 6.45) is 2.69. The van der Waals surface area contributed by atoms with Crippen molar-refractivity contribution in [3.8, 4) is 11.5 Å². The number of ether oxygens (including phenoxy) is 2. The lowest BCUT2D eigenvalue weighted by Crippen LogP contribution is -1.99. The van der Waals surface area contributed by atoms with Crippen LogP contribution in [0.25, 0.3) is 17.0 Å². The van der Waals surface area contributed by atoms with Crippen LogP contribution in [0.1, 0.15) is 16.8 Å². The number of aliphatic carboxylic acids is 1. The lowest BCUT2D eigenvalue weighted by molar-refractivity contribution is -0.131. The van der Waals surface area contributed by atoms with Gasteiger partial charge in [-0.05, 0) is 53.6 Å². The fourth-order valence-electron chi connectivity index (χ4n) is 3.13. The lowest BCUT2D eigenvalue weighted by atomic mass is 10.1. The highest BCUT2D eigenvalue weighted by molar-refractivity contribution is 5.85. The molecule has 0 saturated heterocycles. The molecule has 0 aliphatic heterocycles. The molecular formula is C26H21NO4. The molecule has 0 atom stereocenters. The number of carboxylic acids is 1. The molecule has 0 saturated carbocycles. The number of rotatable bonds is 8. The summed E-state index contributed by atoms with van der Waals surface area (Å²) in [5.41, 5.74) is 3.53. The van der Waals surface area contributed by atoms with Gasteiger partial charge in [0.2, 0.25) is 0 Å². The predicted octanol–water partition coefficient (Wildman–Crippen LogP) is 5.49. The van der Waals surface area contributed by atoms with Crippen molar-refractivity contribution in [2.45, 2.75) is 13.2 Å². The van der Waals surface area contributed by atoms with Crippen molar-refractivity contribution in [2.75, 3.05) is 0 Å². The molecule has 0 bridgehead atoms. The molecule has 3 aromatic carbocycles. The highest BCUT2D eigenvalue weighted by Gasteiger charge is 2.03. The largest absolute Gasteiger partial charge is 0.489 e. The second kappa shape index (κ2) is 9.59. The molecule has 0 fully saturated rings. The molecule has 5 heteroatoms. The molecule has 4 aromatic rings. The van der Waals surface area contributed by atoms with Gasteiger partial charge in [-0.3, -0.25) is 0 Å². The molecule has 0 amide bonds. The van der Waals surface area contributed by atoms with Crippen LogP contribution in [0.2, 0.25) is 0 Å². The third kappa shape index (κ3) is 5.48. The molecular weight excluding hydrogens is 390 g/mol. The predicted molar refractivity (Wildman–Crippen MR) is 120 cm³/mol. The normalized spacial score (nSPS) is 11.0. The number of carboxylic acid groups (broad SMARTS) is 1. The minimum Gasteiger partial charge on any atom is -0.489 e. The van der Waals surface area contributed by atoms with E-state index in [1.807, 2.05) is 84.9 Å². The Bertz CT molecular complexity index is 1220. The SMILES string of the molecule is O=C(O)C=Cc1ccccc1COc1ccc(OCc2ccc3ccccc3n2)cc1. The van der Waals surface area contributed by atoms with Crippen LogP contribution >= 0.6 is 0 Å². The molecule has 5 nitrogen and oxygen atoms in total. The van der Waals surface area contributed by atoms with Crippen LogP contribution in [-0.2, 0) is 18.0 Å². The van der Waals surface area contributed by atoms with Crippen LogP contribution in [0.3, 0.4) is 0 Å². The zero-order valence-corrected chi connectivity index (χ0v) is 16.8. The van der Waals surface area contributed by atoms with Crippen molar-refractivity contribution in [1.29, 1.82) is 0 Å². The van der Waals surface area contributed by atoms with E-state index < -0.39 is 5.97 Å². The summed E-state index contributed by atoms with van der Waals surface area (Å²) in [6.45, 7) is 0.718. The van der Waals surface area contributed by atoms with Gasteiger partial charge in [0.15, 0.2) is 0 Å². The van der Waals surface area contributed by atoms with Gasteiger partial charge in [0.05, 0.1) is 11.2 Å². The second-order valence-corrected chi connectivity index (χ2v) is 6.91. The van der Waals surface area contributed by atoms with E-state index in [0.29, 0.717) is 19.0 Å². The minimum absolute atomic E-state index is 0.335. The summed E-state index contributed by atoms with van der Waals surface area (Å²) < 4.78 is 11.7. The van der Waals surface area contributed by atoms with Crippen molar-refractivity contribution in [3.05, 3.63) is 108 Å². The summed E-state index contributed by atoms with van der Waals surface area (Å²) in [5, 5.41) is 9.93. The molecule has 0 aliphatic rings. The molecule has 1 heterocycles. The van der Waals surface area contributed by atoms with Gasteiger partial charge < -0.3 is 14.6 Å². The maximum Gasteiger partial charge on any atom is 0.328 e. The van der Waals surface area contributed by atoms with Crippen LogP contribution in [0.15, 0.2) is 91.0 Å². The van der Waals surface area contributed by atoms with Gasteiger partial charge in [0.1, 0.15) is 24.7 Å². The summed E-state index contributed by atoms with van der Waals surface area (Å²) in [5.74, 6) is 0.450. The Morgan fingerprint density at radius 1 is 0.806 bits per heavy atom. The molecule has 0 aliphatic carbocycles. The highest BCUT2D eigenvalue weighted by atomic mass is 16.5. The number of aromatic nitrogens is 1. The van der Waals surface area contributed by atoms with E-state index in [2.05, 4.69) is 4.98 Å². The zero-order chi connectivity index (χ0) is 21.5. The number of carbonyl (C=O) groups is 1. The summed E-state index contributed by atoms with van der Waals surface area (Å²) in [4.78, 5) is 15.4. The van der Waals surface area contributed by atoms with E-state index in [0.717, 1.165) is 39.5 Å². The summed E-state index contributed by atoms with van der Waals surface area (Å²) in [6, 6.07) is 26.9. The van der Waals surface area contributed by atoms with Crippen molar-refractivity contribution in [2.24, 2.45) is 0 Å². The molecule has 0 unspecified atom stereocenters. The number of nitrogens with zero attached hydrogens (tertiary/aromatic N) is 1. The number of para-hydroxylation sites is 1. The second-order valence-electron chi connectivity index (χ2n) is 6.91. The quantitative estimate of drug-likeness (QED) is 0.388. The molecule has 1 N–H and O–H groups in total. The van der Waals surface area contributed by atoms with Gasteiger partial charge in [-0.25, -0.2) is 9.78 Å². The van der Waals surface area contributed by atoms with Crippen molar-refractivity contribution < 1.29 is 19.4 Å². The first-order valence-corrected chi connectivity index (χ1v) is 9.87. The first-order valence-electron chi connectivity index (χ1n) is 9.87. The molecule has 4 rings (SSSR count). The van der Waals surface area contributed by atoms with E-state index in [1.165, 1.54) is 0 Å². The molecule has 31 heavy (non-hydrogen) atoms. The third-order valence-electron chi connectivity index (χ3n) is 4.72. The maximum atomic E-state index is 10.8. The molecule has 0 spiro atoms. The van der Waals surface area contributed by atoms with E-state index >= 15 is 0 Å². The van der Waals surface area contributed by atoms with Crippen molar-refractivity contribution in [1.82, 2.24) is 4.98 Å². The van der Waals surface area contributed by atoms with Gasteiger partial charge in [0, 0.05) is 11.5 Å². The standard InChI is InChI=1S/C26H21NO4/c28-26(29)16-10-19-5-1-2-7-21(19)17-30-23-12-14-24(15-13-23)31-18-22-11-9-20-6-3-4-8-25(20)27-22/h1-16H,17-18H2,(H,28,29). The van der Waals surface area contributed by atoms with Crippen LogP contribution < -0.4 is 9.47 Å². The fourth-order valence-corrected chi connectivity index (χ4v) is 3.13. The van der Waals surface area contributed by atoms with Gasteiger partial charge in [0.25, 0.3) is 0 Å². The van der Waals surface area contributed by atoms with Gasteiger partial charge >= 0.3 is 5.97 Å². The van der Waals surface area contributed by atoms with Crippen LogP contribution in [0.5, 0.6) is 11.5 Å². The number of pyridine rings is 1. The van der Waals surface area contributed by atoms with Gasteiger partial charge in [-0.1, -0.05) is 48.5 Å². The average molecular weight is 411 g/mol. The van der Waals surface area contributed by atoms with Crippen LogP contribution in [-0.4, -0.2) is 16.1 Å². The molecule has 1 aromatic heterocycles. The van der Waals surface area contributed by atoms with E-state index in [4.69, 9.17) is 14.6 Å². The van der Waals surface area contributed by atoms with Crippen molar-refractivity contribution >= 4 is 22.9 Å². The van der Waals surface area contributed by atoms with E-state index in [1.54, 1.807) is 6.08 Å². The Morgan fingerprint density at radius 2 is 1.48 bits per heavy atom. The van der Waals surface area contributed by atoms with Crippen molar-refractivity contribution in [3.63, 3.8) is 0 Å². The van der Waals surface area contributed by atoms with E-state index in [-0.39, 0.29) is 0 Å². The summed E-state index contributed by atoms with van der Waals surface area (Å²) >= 11 is 0. The monoisotopic (exact) mass is 411 g/mol. The average Bonchev–Trinajstić information content (AvgIpc) is 2.81. The zero-order valence-electron chi connectivity index (χ0n) is 16.8. The maximum absolute atomic E-state index is 10.8. The topological polar surface area (TPSA) is 68.7 Å². The van der Waals surface area contributed by atoms with Gasteiger partial charge in [-0.2, -0.15) is 0 Å². The number of fused-ring (bicyclic) bond motifs is 1. The summed E-state index contributed by atoms with van der Waals surface area (Å²) in [7, 11) is 0. The number of hydrogen-bond donors (Lipinski definition) is 1. The highest BCUT2D eigenvalue weighted by Crippen LogP contribution is 2.21. The van der Waals surface area contributed by atoms with Crippen LogP contribution in [0.4, 0.5) is 0 Å². The number of benzene rings is 3. The molecule has 154 valence electrons. The van der Waals surface area contributed by atoms with Crippen LogP contribution in [0, 0.1) is 0 Å². The Kier molecular flexibility index (Phi) is 6.24. The van der Waals surface area contributed by atoms with E-state index in [9.17, 15) is 4.79 Å². The smallest absolute Gasteiger partial charge is 0.328 e. The fraction of sp³-hybridized carbons (Fsp3) is 0.0769. The van der Waals surface area contributed by atoms with Gasteiger partial charge in [-0.15, -0.1) is 0 Å². The third-order valence-corrected chi connectivity index (χ3v) is 4.72. The number of hydrogen-bond acceptors (Lipinski definition) is 4. The lowest BCUT2D eigenvalue weighted by Gasteiger charge is -2.10. The first kappa shape index (κ1) is 20.2. The molecule has 0 radical (unpaired) electrons. The Labute approximate surface area is 180 Å². The first-order chi connectivity index (χ1) is 15.2. The Morgan fingerprint density at radius 3 is 2.26 bits per heavy atom. The Hall–Kier alpha value is -4.12.